The van der Waals surface area contributed by atoms with Crippen molar-refractivity contribution in [3.8, 4) is 0 Å². The van der Waals surface area contributed by atoms with E-state index in [1.807, 2.05) is 6.92 Å². The highest BCUT2D eigenvalue weighted by Crippen LogP contribution is 2.28. The molecular formula is C27H28Cl3N3O4S. The summed E-state index contributed by atoms with van der Waals surface area (Å²) in [5, 5.41) is 3.84. The number of amides is 2. The van der Waals surface area contributed by atoms with Gasteiger partial charge in [0.1, 0.15) is 12.6 Å². The summed E-state index contributed by atoms with van der Waals surface area (Å²) in [5.74, 6) is -0.998. The van der Waals surface area contributed by atoms with Gasteiger partial charge in [0.05, 0.1) is 10.6 Å². The Labute approximate surface area is 238 Å². The first-order valence-corrected chi connectivity index (χ1v) is 14.5. The molecular weight excluding hydrogens is 569 g/mol. The van der Waals surface area contributed by atoms with Crippen LogP contribution in [0.3, 0.4) is 0 Å². The van der Waals surface area contributed by atoms with E-state index in [2.05, 4.69) is 5.32 Å². The smallest absolute Gasteiger partial charge is 0.264 e. The quantitative estimate of drug-likeness (QED) is 0.304. The van der Waals surface area contributed by atoms with Crippen molar-refractivity contribution in [3.05, 3.63) is 93.4 Å². The van der Waals surface area contributed by atoms with Gasteiger partial charge in [-0.15, -0.1) is 0 Å². The normalized spacial score (nSPS) is 12.0. The summed E-state index contributed by atoms with van der Waals surface area (Å²) in [6, 6.07) is 17.9. The number of halogens is 3. The average molecular weight is 597 g/mol. The average Bonchev–Trinajstić information content (AvgIpc) is 2.90. The molecule has 0 heterocycles. The molecule has 0 aliphatic carbocycles. The molecule has 0 aromatic heterocycles. The predicted octanol–water partition coefficient (Wildman–Crippen LogP) is 5.79. The third-order valence-electron chi connectivity index (χ3n) is 5.83. The van der Waals surface area contributed by atoms with E-state index in [0.29, 0.717) is 33.6 Å². The van der Waals surface area contributed by atoms with Crippen molar-refractivity contribution in [3.63, 3.8) is 0 Å². The van der Waals surface area contributed by atoms with Gasteiger partial charge in [-0.2, -0.15) is 0 Å². The fourth-order valence-corrected chi connectivity index (χ4v) is 5.77. The van der Waals surface area contributed by atoms with Gasteiger partial charge in [0.25, 0.3) is 10.0 Å². The van der Waals surface area contributed by atoms with E-state index in [-0.39, 0.29) is 23.0 Å². The van der Waals surface area contributed by atoms with Crippen molar-refractivity contribution >= 4 is 62.3 Å². The van der Waals surface area contributed by atoms with Crippen molar-refractivity contribution in [2.45, 2.75) is 37.8 Å². The van der Waals surface area contributed by atoms with Crippen LogP contribution in [0.15, 0.2) is 77.7 Å². The molecule has 0 unspecified atom stereocenters. The van der Waals surface area contributed by atoms with E-state index in [4.69, 9.17) is 34.8 Å². The molecule has 0 radical (unpaired) electrons. The fraction of sp³-hybridized carbons (Fsp3) is 0.259. The Bertz CT molecular complexity index is 1350. The second kappa shape index (κ2) is 13.3. The first-order chi connectivity index (χ1) is 18.1. The fourth-order valence-electron chi connectivity index (χ4n) is 3.69. The predicted molar refractivity (Wildman–Crippen MR) is 152 cm³/mol. The van der Waals surface area contributed by atoms with Gasteiger partial charge in [0.2, 0.25) is 11.8 Å². The van der Waals surface area contributed by atoms with Crippen LogP contribution < -0.4 is 9.62 Å². The van der Waals surface area contributed by atoms with Crippen molar-refractivity contribution in [1.29, 1.82) is 0 Å². The van der Waals surface area contributed by atoms with E-state index in [9.17, 15) is 18.0 Å². The van der Waals surface area contributed by atoms with Crippen LogP contribution in [0.1, 0.15) is 25.8 Å². The molecule has 11 heteroatoms. The molecule has 7 nitrogen and oxygen atoms in total. The van der Waals surface area contributed by atoms with E-state index in [0.717, 1.165) is 4.31 Å². The molecule has 0 aliphatic heterocycles. The molecule has 3 aromatic rings. The standard InChI is InChI=1S/C27H28Cl3N3O4S/c1-3-16-31-27(35)19(2)32(17-23-24(29)10-7-11-25(23)30)26(34)18-33(21-14-12-20(28)13-15-21)38(36,37)22-8-5-4-6-9-22/h4-15,19H,3,16-18H2,1-2H3,(H,31,35)/t19-/m0/s1. The molecule has 0 fully saturated rings. The maximum atomic E-state index is 13.8. The lowest BCUT2D eigenvalue weighted by Gasteiger charge is -2.32. The zero-order valence-electron chi connectivity index (χ0n) is 20.9. The van der Waals surface area contributed by atoms with Crippen LogP contribution in [0, 0.1) is 0 Å². The van der Waals surface area contributed by atoms with E-state index in [1.165, 1.54) is 41.3 Å². The highest BCUT2D eigenvalue weighted by molar-refractivity contribution is 7.92. The van der Waals surface area contributed by atoms with Gasteiger partial charge in [-0.1, -0.05) is 66.0 Å². The minimum Gasteiger partial charge on any atom is -0.354 e. The van der Waals surface area contributed by atoms with Crippen molar-refractivity contribution in [1.82, 2.24) is 10.2 Å². The van der Waals surface area contributed by atoms with Gasteiger partial charge in [0, 0.05) is 33.7 Å². The second-order valence-electron chi connectivity index (χ2n) is 8.49. The monoisotopic (exact) mass is 595 g/mol. The van der Waals surface area contributed by atoms with Crippen molar-refractivity contribution in [2.75, 3.05) is 17.4 Å². The lowest BCUT2D eigenvalue weighted by Crippen LogP contribution is -2.51. The Kier molecular flexibility index (Phi) is 10.4. The SMILES string of the molecule is CCCNC(=O)[C@H](C)N(Cc1c(Cl)cccc1Cl)C(=O)CN(c1ccc(Cl)cc1)S(=O)(=O)c1ccccc1. The van der Waals surface area contributed by atoms with Crippen LogP contribution in [0.2, 0.25) is 15.1 Å². The summed E-state index contributed by atoms with van der Waals surface area (Å²) < 4.78 is 28.4. The Balaban J connectivity index is 2.04. The number of nitrogens with zero attached hydrogens (tertiary/aromatic N) is 2. The van der Waals surface area contributed by atoms with Gasteiger partial charge >= 0.3 is 0 Å². The minimum absolute atomic E-state index is 0.0113. The van der Waals surface area contributed by atoms with Crippen molar-refractivity contribution < 1.29 is 18.0 Å². The molecule has 0 saturated heterocycles. The zero-order valence-corrected chi connectivity index (χ0v) is 24.0. The van der Waals surface area contributed by atoms with Gasteiger partial charge in [-0.3, -0.25) is 13.9 Å². The molecule has 0 spiro atoms. The van der Waals surface area contributed by atoms with Gasteiger partial charge in [0.15, 0.2) is 0 Å². The second-order valence-corrected chi connectivity index (χ2v) is 11.6. The molecule has 1 atom stereocenters. The van der Waals surface area contributed by atoms with Gasteiger partial charge in [-0.25, -0.2) is 8.42 Å². The lowest BCUT2D eigenvalue weighted by atomic mass is 10.1. The van der Waals surface area contributed by atoms with Crippen LogP contribution in [0.25, 0.3) is 0 Å². The molecule has 0 saturated carbocycles. The number of anilines is 1. The molecule has 3 aromatic carbocycles. The van der Waals surface area contributed by atoms with E-state index < -0.39 is 28.5 Å². The summed E-state index contributed by atoms with van der Waals surface area (Å²) in [5.41, 5.74) is 0.689. The Morgan fingerprint density at radius 1 is 0.895 bits per heavy atom. The Hall–Kier alpha value is -2.78. The topological polar surface area (TPSA) is 86.8 Å². The van der Waals surface area contributed by atoms with Crippen molar-refractivity contribution in [2.24, 2.45) is 0 Å². The minimum atomic E-state index is -4.15. The number of benzene rings is 3. The van der Waals surface area contributed by atoms with E-state index >= 15 is 0 Å². The summed E-state index contributed by atoms with van der Waals surface area (Å²) in [4.78, 5) is 28.0. The molecule has 2 amide bonds. The third kappa shape index (κ3) is 7.20. The first-order valence-electron chi connectivity index (χ1n) is 11.9. The van der Waals surface area contributed by atoms with Crippen LogP contribution >= 0.6 is 34.8 Å². The number of hydrogen-bond donors (Lipinski definition) is 1. The number of nitrogens with one attached hydrogen (secondary N) is 1. The largest absolute Gasteiger partial charge is 0.354 e. The molecule has 1 N–H and O–H groups in total. The summed E-state index contributed by atoms with van der Waals surface area (Å²) in [6.45, 7) is 3.24. The lowest BCUT2D eigenvalue weighted by molar-refractivity contribution is -0.139. The summed E-state index contributed by atoms with van der Waals surface area (Å²) >= 11 is 18.8. The summed E-state index contributed by atoms with van der Waals surface area (Å²) in [7, 11) is -4.15. The van der Waals surface area contributed by atoms with Crippen LogP contribution in [0.4, 0.5) is 5.69 Å². The Morgan fingerprint density at radius 2 is 1.50 bits per heavy atom. The summed E-state index contributed by atoms with van der Waals surface area (Å²) in [6.07, 6.45) is 0.711. The number of rotatable bonds is 11. The molecule has 38 heavy (non-hydrogen) atoms. The van der Waals surface area contributed by atoms with Gasteiger partial charge in [-0.05, 0) is 61.9 Å². The zero-order chi connectivity index (χ0) is 27.9. The van der Waals surface area contributed by atoms with Crippen LogP contribution in [0.5, 0.6) is 0 Å². The first kappa shape index (κ1) is 29.8. The van der Waals surface area contributed by atoms with Gasteiger partial charge < -0.3 is 10.2 Å². The Morgan fingerprint density at radius 3 is 2.08 bits per heavy atom. The molecule has 3 rings (SSSR count). The number of carbonyl (C=O) groups is 2. The maximum absolute atomic E-state index is 13.8. The highest BCUT2D eigenvalue weighted by Gasteiger charge is 2.33. The third-order valence-corrected chi connectivity index (χ3v) is 8.58. The van der Waals surface area contributed by atoms with E-state index in [1.54, 1.807) is 43.3 Å². The number of sulfonamides is 1. The highest BCUT2D eigenvalue weighted by atomic mass is 35.5. The van der Waals surface area contributed by atoms with Crippen LogP contribution in [-0.4, -0.2) is 44.3 Å². The molecule has 0 aliphatic rings. The van der Waals surface area contributed by atoms with Crippen LogP contribution in [-0.2, 0) is 26.2 Å². The number of hydrogen-bond acceptors (Lipinski definition) is 4. The molecule has 0 bridgehead atoms. The molecule has 202 valence electrons. The number of carbonyl (C=O) groups excluding carboxylic acids is 2. The maximum Gasteiger partial charge on any atom is 0.264 e.